The Labute approximate surface area is 160 Å². The second-order valence-electron chi connectivity index (χ2n) is 5.24. The number of methoxy groups -OCH3 is 1. The van der Waals surface area contributed by atoms with E-state index in [0.717, 1.165) is 17.9 Å². The van der Waals surface area contributed by atoms with Gasteiger partial charge in [0.2, 0.25) is 0 Å². The Balaban J connectivity index is 0.00000288. The fourth-order valence-electron chi connectivity index (χ4n) is 2.17. The molecule has 0 bridgehead atoms. The van der Waals surface area contributed by atoms with Gasteiger partial charge in [-0.05, 0) is 32.0 Å². The van der Waals surface area contributed by atoms with Crippen molar-refractivity contribution in [3.63, 3.8) is 0 Å². The Kier molecular flexibility index (Phi) is 11.0. The summed E-state index contributed by atoms with van der Waals surface area (Å²) < 4.78 is 6.69. The van der Waals surface area contributed by atoms with Crippen molar-refractivity contribution in [3.8, 4) is 5.82 Å². The maximum atomic E-state index is 12.0. The molecule has 2 aromatic heterocycles. The summed E-state index contributed by atoms with van der Waals surface area (Å²) in [5.74, 6) is 0.569. The lowest BCUT2D eigenvalue weighted by Crippen LogP contribution is -2.33. The zero-order valence-electron chi connectivity index (χ0n) is 14.6. The van der Waals surface area contributed by atoms with Gasteiger partial charge in [-0.25, -0.2) is 9.67 Å². The van der Waals surface area contributed by atoms with Gasteiger partial charge in [-0.2, -0.15) is 5.10 Å². The molecule has 0 aliphatic rings. The summed E-state index contributed by atoms with van der Waals surface area (Å²) >= 11 is 0. The number of carbonyl (C=O) groups excluding carboxylic acids is 1. The summed E-state index contributed by atoms with van der Waals surface area (Å²) in [5, 5.41) is 10.4. The van der Waals surface area contributed by atoms with Crippen molar-refractivity contribution in [3.05, 3.63) is 41.3 Å². The molecule has 2 rings (SSSR count). The van der Waals surface area contributed by atoms with Crippen LogP contribution in [0.1, 0.15) is 21.7 Å². The largest absolute Gasteiger partial charge is 0.383 e. The third kappa shape index (κ3) is 6.99. The van der Waals surface area contributed by atoms with Gasteiger partial charge < -0.3 is 15.4 Å². The van der Waals surface area contributed by atoms with Crippen LogP contribution in [0.25, 0.3) is 5.82 Å². The van der Waals surface area contributed by atoms with Crippen LogP contribution < -0.4 is 10.6 Å². The molecule has 2 heterocycles. The quantitative estimate of drug-likeness (QED) is 0.671. The fraction of sp³-hybridized carbons (Fsp3) is 0.438. The summed E-state index contributed by atoms with van der Waals surface area (Å²) in [6, 6.07) is 5.54. The van der Waals surface area contributed by atoms with Crippen LogP contribution in [-0.4, -0.2) is 54.0 Å². The predicted molar refractivity (Wildman–Crippen MR) is 102 cm³/mol. The minimum atomic E-state index is -0.133. The number of nitrogens with one attached hydrogen (secondary N) is 2. The highest BCUT2D eigenvalue weighted by molar-refractivity contribution is 5.93. The lowest BCUT2D eigenvalue weighted by atomic mass is 10.2. The Hall–Kier alpha value is -1.67. The second-order valence-corrected chi connectivity index (χ2v) is 5.24. The summed E-state index contributed by atoms with van der Waals surface area (Å²) in [4.78, 5) is 16.3. The first kappa shape index (κ1) is 23.3. The molecule has 7 nitrogen and oxygen atoms in total. The molecule has 25 heavy (non-hydrogen) atoms. The normalized spacial score (nSPS) is 9.88. The van der Waals surface area contributed by atoms with Crippen molar-refractivity contribution in [1.29, 1.82) is 0 Å². The Morgan fingerprint density at radius 1 is 1.20 bits per heavy atom. The number of nitrogens with zero attached hydrogens (tertiary/aromatic N) is 3. The lowest BCUT2D eigenvalue weighted by molar-refractivity contribution is 0.0953. The van der Waals surface area contributed by atoms with E-state index in [-0.39, 0.29) is 30.7 Å². The van der Waals surface area contributed by atoms with E-state index in [4.69, 9.17) is 4.74 Å². The van der Waals surface area contributed by atoms with Crippen LogP contribution in [0.3, 0.4) is 0 Å². The van der Waals surface area contributed by atoms with Gasteiger partial charge in [0.25, 0.3) is 5.91 Å². The summed E-state index contributed by atoms with van der Waals surface area (Å²) in [5.41, 5.74) is 2.48. The summed E-state index contributed by atoms with van der Waals surface area (Å²) in [6.07, 6.45) is 1.57. The van der Waals surface area contributed by atoms with Gasteiger partial charge in [0.1, 0.15) is 0 Å². The average molecular weight is 390 g/mol. The summed E-state index contributed by atoms with van der Waals surface area (Å²) in [7, 11) is 1.66. The molecule has 0 saturated heterocycles. The van der Waals surface area contributed by atoms with Gasteiger partial charge in [-0.3, -0.25) is 4.79 Å². The molecule has 0 aromatic carbocycles. The first-order chi connectivity index (χ1) is 11.1. The van der Waals surface area contributed by atoms with Crippen LogP contribution in [0.5, 0.6) is 0 Å². The number of hydrogen-bond donors (Lipinski definition) is 2. The van der Waals surface area contributed by atoms with Crippen LogP contribution in [0, 0.1) is 13.8 Å². The van der Waals surface area contributed by atoms with Gasteiger partial charge in [-0.1, -0.05) is 0 Å². The molecule has 140 valence electrons. The fourth-order valence-corrected chi connectivity index (χ4v) is 2.17. The number of aromatic nitrogens is 3. The third-order valence-corrected chi connectivity index (χ3v) is 3.31. The van der Waals surface area contributed by atoms with Gasteiger partial charge >= 0.3 is 0 Å². The molecule has 0 saturated carbocycles. The van der Waals surface area contributed by atoms with E-state index in [1.165, 1.54) is 0 Å². The van der Waals surface area contributed by atoms with E-state index in [2.05, 4.69) is 20.7 Å². The van der Waals surface area contributed by atoms with Gasteiger partial charge in [0.05, 0.1) is 17.9 Å². The monoisotopic (exact) mass is 389 g/mol. The van der Waals surface area contributed by atoms with Crippen molar-refractivity contribution >= 4 is 30.7 Å². The Morgan fingerprint density at radius 2 is 1.96 bits per heavy atom. The number of pyridine rings is 1. The summed E-state index contributed by atoms with van der Waals surface area (Å²) in [6.45, 7) is 6.59. The number of carbonyl (C=O) groups is 1. The number of rotatable bonds is 8. The van der Waals surface area contributed by atoms with Crippen LogP contribution >= 0.6 is 24.8 Å². The molecule has 0 spiro atoms. The highest BCUT2D eigenvalue weighted by Gasteiger charge is 2.08. The Bertz CT molecular complexity index is 646. The van der Waals surface area contributed by atoms with Crippen molar-refractivity contribution in [2.75, 3.05) is 33.4 Å². The van der Waals surface area contributed by atoms with Crippen LogP contribution in [0.2, 0.25) is 0 Å². The number of amides is 1. The molecular formula is C16H25Cl2N5O2. The molecule has 0 atom stereocenters. The molecule has 0 radical (unpaired) electrons. The third-order valence-electron chi connectivity index (χ3n) is 3.31. The van der Waals surface area contributed by atoms with Crippen molar-refractivity contribution < 1.29 is 9.53 Å². The van der Waals surface area contributed by atoms with E-state index >= 15 is 0 Å². The molecule has 0 fully saturated rings. The zero-order valence-corrected chi connectivity index (χ0v) is 16.2. The van der Waals surface area contributed by atoms with Crippen LogP contribution in [0.15, 0.2) is 24.4 Å². The van der Waals surface area contributed by atoms with E-state index in [1.807, 2.05) is 19.9 Å². The van der Waals surface area contributed by atoms with Crippen LogP contribution in [-0.2, 0) is 4.74 Å². The first-order valence-corrected chi connectivity index (χ1v) is 7.59. The van der Waals surface area contributed by atoms with Gasteiger partial charge in [0, 0.05) is 38.6 Å². The minimum absolute atomic E-state index is 0. The first-order valence-electron chi connectivity index (χ1n) is 7.59. The maximum Gasteiger partial charge on any atom is 0.252 e. The SMILES string of the molecule is COCCNCCNC(=O)c1ccc(-n2nc(C)cc2C)nc1.Cl.Cl. The Morgan fingerprint density at radius 3 is 2.52 bits per heavy atom. The van der Waals surface area contributed by atoms with E-state index in [9.17, 15) is 4.79 Å². The lowest BCUT2D eigenvalue weighted by Gasteiger charge is -2.07. The van der Waals surface area contributed by atoms with Crippen molar-refractivity contribution in [2.45, 2.75) is 13.8 Å². The molecule has 0 aliphatic heterocycles. The van der Waals surface area contributed by atoms with Crippen molar-refractivity contribution in [2.24, 2.45) is 0 Å². The van der Waals surface area contributed by atoms with E-state index < -0.39 is 0 Å². The number of halogens is 2. The van der Waals surface area contributed by atoms with E-state index in [1.54, 1.807) is 30.1 Å². The number of aryl methyl sites for hydroxylation is 2. The van der Waals surface area contributed by atoms with Gasteiger partial charge in [0.15, 0.2) is 5.82 Å². The molecule has 0 aliphatic carbocycles. The van der Waals surface area contributed by atoms with Crippen LogP contribution in [0.4, 0.5) is 0 Å². The molecular weight excluding hydrogens is 365 g/mol. The topological polar surface area (TPSA) is 81.1 Å². The molecule has 2 aromatic rings. The highest BCUT2D eigenvalue weighted by atomic mass is 35.5. The zero-order chi connectivity index (χ0) is 16.7. The molecule has 9 heteroatoms. The number of ether oxygens (including phenoxy) is 1. The maximum absolute atomic E-state index is 12.0. The van der Waals surface area contributed by atoms with Crippen molar-refractivity contribution in [1.82, 2.24) is 25.4 Å². The second kappa shape index (κ2) is 11.8. The minimum Gasteiger partial charge on any atom is -0.383 e. The highest BCUT2D eigenvalue weighted by Crippen LogP contribution is 2.10. The molecule has 1 amide bonds. The average Bonchev–Trinajstić information content (AvgIpc) is 2.89. The van der Waals surface area contributed by atoms with E-state index in [0.29, 0.717) is 31.1 Å². The predicted octanol–water partition coefficient (Wildman–Crippen LogP) is 1.69. The standard InChI is InChI=1S/C16H23N5O2.2ClH/c1-12-10-13(2)21(20-12)15-5-4-14(11-19-15)16(22)18-7-6-17-8-9-23-3;;/h4-5,10-11,17H,6-9H2,1-3H3,(H,18,22);2*1H. The number of hydrogen-bond acceptors (Lipinski definition) is 5. The molecule has 2 N–H and O–H groups in total. The van der Waals surface area contributed by atoms with Gasteiger partial charge in [-0.15, -0.1) is 24.8 Å². The smallest absolute Gasteiger partial charge is 0.252 e. The molecule has 0 unspecified atom stereocenters.